The number of carbonyl (C=O) groups is 1. The van der Waals surface area contributed by atoms with Crippen LogP contribution >= 0.6 is 36.4 Å². The van der Waals surface area contributed by atoms with Gasteiger partial charge in [-0.3, -0.25) is 9.79 Å². The third kappa shape index (κ3) is 5.41. The van der Waals surface area contributed by atoms with Gasteiger partial charge >= 0.3 is 0 Å². The van der Waals surface area contributed by atoms with Crippen molar-refractivity contribution >= 4 is 64.9 Å². The molecular formula is C19H25Cl3N6O. The molecule has 4 rings (SSSR count). The zero-order valence-electron chi connectivity index (χ0n) is 15.9. The quantitative estimate of drug-likeness (QED) is 0.646. The fraction of sp³-hybridized carbons (Fsp3) is 0.474. The van der Waals surface area contributed by atoms with Gasteiger partial charge in [0, 0.05) is 35.5 Å². The molecule has 10 heteroatoms. The average Bonchev–Trinajstić information content (AvgIpc) is 3.16. The van der Waals surface area contributed by atoms with Crippen LogP contribution in [0.15, 0.2) is 23.2 Å². The summed E-state index contributed by atoms with van der Waals surface area (Å²) in [5, 5.41) is 8.53. The van der Waals surface area contributed by atoms with E-state index in [2.05, 4.69) is 25.6 Å². The molecule has 2 aliphatic rings. The Balaban J connectivity index is 0.00000150. The summed E-state index contributed by atoms with van der Waals surface area (Å²) in [6, 6.07) is 5.79. The smallest absolute Gasteiger partial charge is 0.286 e. The highest BCUT2D eigenvalue weighted by Gasteiger charge is 2.27. The van der Waals surface area contributed by atoms with E-state index in [-0.39, 0.29) is 42.7 Å². The van der Waals surface area contributed by atoms with Crippen molar-refractivity contribution < 1.29 is 4.79 Å². The molecule has 1 amide bonds. The van der Waals surface area contributed by atoms with Gasteiger partial charge in [0.25, 0.3) is 5.91 Å². The van der Waals surface area contributed by atoms with Crippen molar-refractivity contribution in [2.75, 3.05) is 11.9 Å². The first-order chi connectivity index (χ1) is 13.1. The normalized spacial score (nSPS) is 20.9. The Morgan fingerprint density at radius 1 is 1.07 bits per heavy atom. The molecule has 1 aromatic heterocycles. The zero-order valence-corrected chi connectivity index (χ0v) is 18.2. The van der Waals surface area contributed by atoms with Crippen molar-refractivity contribution in [2.24, 2.45) is 10.7 Å². The van der Waals surface area contributed by atoms with Gasteiger partial charge in [0.05, 0.1) is 11.4 Å². The Labute approximate surface area is 187 Å². The van der Waals surface area contributed by atoms with Gasteiger partial charge in [-0.15, -0.1) is 24.8 Å². The molecule has 4 N–H and O–H groups in total. The Morgan fingerprint density at radius 3 is 2.45 bits per heavy atom. The lowest BCUT2D eigenvalue weighted by molar-refractivity contribution is 0.0991. The second-order valence-corrected chi connectivity index (χ2v) is 7.58. The van der Waals surface area contributed by atoms with E-state index in [1.807, 2.05) is 6.07 Å². The van der Waals surface area contributed by atoms with Crippen molar-refractivity contribution in [1.82, 2.24) is 15.3 Å². The van der Waals surface area contributed by atoms with Crippen molar-refractivity contribution in [3.05, 3.63) is 29.0 Å². The Hall–Kier alpha value is -1.83. The molecule has 1 fully saturated rings. The zero-order chi connectivity index (χ0) is 18.8. The summed E-state index contributed by atoms with van der Waals surface area (Å²) in [7, 11) is 0. The first-order valence-electron chi connectivity index (χ1n) is 9.43. The van der Waals surface area contributed by atoms with E-state index in [0.717, 1.165) is 49.9 Å². The van der Waals surface area contributed by atoms with Crippen LogP contribution in [0.4, 0.5) is 5.82 Å². The number of nitrogens with one attached hydrogen (secondary N) is 2. The summed E-state index contributed by atoms with van der Waals surface area (Å²) in [4.78, 5) is 24.9. The Morgan fingerprint density at radius 2 is 1.79 bits per heavy atom. The Bertz CT molecular complexity index is 907. The molecule has 29 heavy (non-hydrogen) atoms. The second kappa shape index (κ2) is 10.3. The van der Waals surface area contributed by atoms with Crippen molar-refractivity contribution in [2.45, 2.75) is 50.6 Å². The molecule has 0 unspecified atom stereocenters. The number of primary amides is 1. The van der Waals surface area contributed by atoms with E-state index in [9.17, 15) is 4.79 Å². The topological polar surface area (TPSA) is 105 Å². The highest BCUT2D eigenvalue weighted by Crippen LogP contribution is 2.28. The van der Waals surface area contributed by atoms with Crippen LogP contribution in [0.25, 0.3) is 10.9 Å². The number of halogens is 3. The minimum absolute atomic E-state index is 0. The molecule has 7 nitrogen and oxygen atoms in total. The summed E-state index contributed by atoms with van der Waals surface area (Å²) in [6.45, 7) is 0.907. The standard InChI is InChI=1S/C19H23ClN6O.2ClH/c20-11-7-8-13-12(10-11)18(26-19(24-13)17(21)27)25-15-5-2-1-4-14(15)23-16-6-3-9-22-16;;/h7-8,10,14-15H,1-6,9H2,(H2,21,27)(H,22,23)(H,24,25,26);2*1H/t14-,15+;;/m1../s1. The minimum atomic E-state index is -0.645. The number of anilines is 1. The number of hydrogen-bond donors (Lipinski definition) is 3. The number of hydrogen-bond acceptors (Lipinski definition) is 6. The largest absolute Gasteiger partial charge is 0.369 e. The number of carbonyl (C=O) groups excluding carboxylic acids is 1. The fourth-order valence-corrected chi connectivity index (χ4v) is 4.02. The number of aromatic nitrogens is 2. The van der Waals surface area contributed by atoms with Crippen LogP contribution in [-0.2, 0) is 0 Å². The summed E-state index contributed by atoms with van der Waals surface area (Å²) >= 11 is 6.17. The van der Waals surface area contributed by atoms with Crippen LogP contribution in [0.2, 0.25) is 5.02 Å². The molecule has 0 saturated heterocycles. The maximum Gasteiger partial charge on any atom is 0.286 e. The van der Waals surface area contributed by atoms with Crippen LogP contribution in [0.1, 0.15) is 49.1 Å². The van der Waals surface area contributed by atoms with E-state index in [0.29, 0.717) is 16.4 Å². The number of fused-ring (bicyclic) bond motifs is 1. The third-order valence-electron chi connectivity index (χ3n) is 5.19. The molecular weight excluding hydrogens is 435 g/mol. The molecule has 0 radical (unpaired) electrons. The maximum absolute atomic E-state index is 11.7. The Kier molecular flexibility index (Phi) is 8.31. The SMILES string of the molecule is Cl.Cl.NC(=O)c1nc(N[C@H]2CCCC[C@H]2NC2=NCCC2)c2cc(Cl)ccc2n1. The van der Waals surface area contributed by atoms with Gasteiger partial charge in [-0.1, -0.05) is 24.4 Å². The van der Waals surface area contributed by atoms with Crippen molar-refractivity contribution in [3.63, 3.8) is 0 Å². The number of nitrogens with two attached hydrogens (primary N) is 1. The number of rotatable bonds is 4. The molecule has 1 aromatic carbocycles. The van der Waals surface area contributed by atoms with Gasteiger partial charge < -0.3 is 16.4 Å². The number of amidine groups is 1. The highest BCUT2D eigenvalue weighted by molar-refractivity contribution is 6.31. The molecule has 0 bridgehead atoms. The maximum atomic E-state index is 11.7. The summed E-state index contributed by atoms with van der Waals surface area (Å²) in [5.41, 5.74) is 6.07. The van der Waals surface area contributed by atoms with Crippen LogP contribution in [-0.4, -0.2) is 40.3 Å². The summed E-state index contributed by atoms with van der Waals surface area (Å²) in [6.07, 6.45) is 6.55. The molecule has 158 valence electrons. The van der Waals surface area contributed by atoms with Gasteiger partial charge in [-0.25, -0.2) is 9.97 Å². The van der Waals surface area contributed by atoms with Crippen LogP contribution < -0.4 is 16.4 Å². The molecule has 1 saturated carbocycles. The highest BCUT2D eigenvalue weighted by atomic mass is 35.5. The number of aliphatic imine (C=N–C) groups is 1. The molecule has 2 atom stereocenters. The summed E-state index contributed by atoms with van der Waals surface area (Å²) < 4.78 is 0. The predicted octanol–water partition coefficient (Wildman–Crippen LogP) is 3.73. The van der Waals surface area contributed by atoms with Gasteiger partial charge in [0.2, 0.25) is 5.82 Å². The number of amides is 1. The molecule has 1 aliphatic heterocycles. The van der Waals surface area contributed by atoms with E-state index < -0.39 is 5.91 Å². The van der Waals surface area contributed by atoms with Gasteiger partial charge in [-0.05, 0) is 37.5 Å². The first kappa shape index (κ1) is 23.4. The first-order valence-corrected chi connectivity index (χ1v) is 9.81. The monoisotopic (exact) mass is 458 g/mol. The third-order valence-corrected chi connectivity index (χ3v) is 5.43. The molecule has 2 aromatic rings. The van der Waals surface area contributed by atoms with E-state index in [4.69, 9.17) is 17.3 Å². The van der Waals surface area contributed by atoms with E-state index in [1.54, 1.807) is 12.1 Å². The van der Waals surface area contributed by atoms with Crippen LogP contribution in [0, 0.1) is 0 Å². The fourth-order valence-electron chi connectivity index (χ4n) is 3.84. The molecule has 0 spiro atoms. The van der Waals surface area contributed by atoms with Gasteiger partial charge in [0.15, 0.2) is 0 Å². The minimum Gasteiger partial charge on any atom is -0.369 e. The lowest BCUT2D eigenvalue weighted by Gasteiger charge is -2.34. The van der Waals surface area contributed by atoms with Crippen LogP contribution in [0.3, 0.4) is 0 Å². The van der Waals surface area contributed by atoms with E-state index in [1.165, 1.54) is 6.42 Å². The van der Waals surface area contributed by atoms with Crippen LogP contribution in [0.5, 0.6) is 0 Å². The van der Waals surface area contributed by atoms with Gasteiger partial charge in [-0.2, -0.15) is 0 Å². The number of benzene rings is 1. The molecule has 2 heterocycles. The predicted molar refractivity (Wildman–Crippen MR) is 122 cm³/mol. The second-order valence-electron chi connectivity index (χ2n) is 7.14. The van der Waals surface area contributed by atoms with E-state index >= 15 is 0 Å². The van der Waals surface area contributed by atoms with Gasteiger partial charge in [0.1, 0.15) is 5.82 Å². The number of nitrogens with zero attached hydrogens (tertiary/aromatic N) is 3. The van der Waals surface area contributed by atoms with Crippen molar-refractivity contribution in [3.8, 4) is 0 Å². The summed E-state index contributed by atoms with van der Waals surface area (Å²) in [5.74, 6) is 1.06. The lowest BCUT2D eigenvalue weighted by atomic mass is 9.90. The average molecular weight is 460 g/mol. The lowest BCUT2D eigenvalue weighted by Crippen LogP contribution is -2.48. The van der Waals surface area contributed by atoms with Crippen molar-refractivity contribution in [1.29, 1.82) is 0 Å². The molecule has 1 aliphatic carbocycles.